The summed E-state index contributed by atoms with van der Waals surface area (Å²) in [6.45, 7) is 1.48. The number of aromatic amines is 1. The summed E-state index contributed by atoms with van der Waals surface area (Å²) in [5.41, 5.74) is 2.15. The molecule has 0 atom stereocenters. The molecule has 0 unspecified atom stereocenters. The first kappa shape index (κ1) is 17.6. The number of hydrogen-bond acceptors (Lipinski definition) is 3. The molecule has 1 aliphatic carbocycles. The number of H-pyrrole nitrogens is 1. The second-order valence-corrected chi connectivity index (χ2v) is 7.20. The summed E-state index contributed by atoms with van der Waals surface area (Å²) >= 11 is 0. The van der Waals surface area contributed by atoms with Gasteiger partial charge < -0.3 is 25.3 Å². The van der Waals surface area contributed by atoms with Gasteiger partial charge >= 0.3 is 6.03 Å². The summed E-state index contributed by atoms with van der Waals surface area (Å²) in [4.78, 5) is 17.7. The Morgan fingerprint density at radius 1 is 1.36 bits per heavy atom. The van der Waals surface area contributed by atoms with Crippen molar-refractivity contribution in [3.8, 4) is 5.75 Å². The van der Waals surface area contributed by atoms with Gasteiger partial charge in [0.15, 0.2) is 0 Å². The van der Waals surface area contributed by atoms with Crippen LogP contribution < -0.4 is 15.4 Å². The molecule has 0 saturated heterocycles. The maximum atomic E-state index is 12.3. The quantitative estimate of drug-likeness (QED) is 0.723. The van der Waals surface area contributed by atoms with Gasteiger partial charge in [0.1, 0.15) is 5.75 Å². The zero-order valence-corrected chi connectivity index (χ0v) is 15.3. The summed E-state index contributed by atoms with van der Waals surface area (Å²) < 4.78 is 5.45. The topological polar surface area (TPSA) is 69.4 Å². The van der Waals surface area contributed by atoms with E-state index in [2.05, 4.69) is 20.5 Å². The second kappa shape index (κ2) is 7.35. The van der Waals surface area contributed by atoms with Crippen LogP contribution in [0.2, 0.25) is 0 Å². The van der Waals surface area contributed by atoms with Crippen molar-refractivity contribution < 1.29 is 9.53 Å². The Kier molecular flexibility index (Phi) is 5.18. The van der Waals surface area contributed by atoms with Crippen LogP contribution in [0, 0.1) is 0 Å². The van der Waals surface area contributed by atoms with Crippen molar-refractivity contribution in [3.63, 3.8) is 0 Å². The van der Waals surface area contributed by atoms with Crippen LogP contribution >= 0.6 is 0 Å². The highest BCUT2D eigenvalue weighted by atomic mass is 16.5. The summed E-state index contributed by atoms with van der Waals surface area (Å²) in [5.74, 6) is 0.859. The van der Waals surface area contributed by atoms with E-state index in [-0.39, 0.29) is 11.6 Å². The third kappa shape index (κ3) is 3.90. The first-order valence-electron chi connectivity index (χ1n) is 8.87. The molecule has 136 valence electrons. The molecule has 6 nitrogen and oxygen atoms in total. The van der Waals surface area contributed by atoms with Gasteiger partial charge in [-0.2, -0.15) is 0 Å². The molecule has 3 rings (SSSR count). The Hall–Kier alpha value is -2.21. The van der Waals surface area contributed by atoms with Crippen molar-refractivity contribution in [1.82, 2.24) is 20.5 Å². The highest BCUT2D eigenvalue weighted by Crippen LogP contribution is 2.32. The number of nitrogens with one attached hydrogen (secondary N) is 3. The first-order chi connectivity index (χ1) is 12.0. The third-order valence-corrected chi connectivity index (χ3v) is 4.96. The minimum Gasteiger partial charge on any atom is -0.496 e. The number of ether oxygens (including phenoxy) is 1. The fraction of sp³-hybridized carbons (Fsp3) is 0.526. The summed E-state index contributed by atoms with van der Waals surface area (Å²) in [6.07, 6.45) is 6.04. The number of hydrogen-bond donors (Lipinski definition) is 3. The van der Waals surface area contributed by atoms with Gasteiger partial charge in [0.05, 0.1) is 12.6 Å². The summed E-state index contributed by atoms with van der Waals surface area (Å²) in [5, 5.41) is 7.27. The van der Waals surface area contributed by atoms with E-state index < -0.39 is 0 Å². The molecule has 1 saturated carbocycles. The predicted molar refractivity (Wildman–Crippen MR) is 100 cm³/mol. The average Bonchev–Trinajstić information content (AvgIpc) is 2.95. The molecule has 2 aromatic rings. The average molecular weight is 344 g/mol. The number of amides is 2. The molecule has 25 heavy (non-hydrogen) atoms. The van der Waals surface area contributed by atoms with Crippen molar-refractivity contribution in [2.75, 3.05) is 34.3 Å². The number of benzene rings is 1. The zero-order chi connectivity index (χ0) is 17.9. The Bertz CT molecular complexity index is 734. The van der Waals surface area contributed by atoms with Gasteiger partial charge in [-0.25, -0.2) is 4.79 Å². The lowest BCUT2D eigenvalue weighted by Gasteiger charge is -2.44. The molecule has 1 aromatic heterocycles. The molecule has 0 bridgehead atoms. The molecule has 3 N–H and O–H groups in total. The van der Waals surface area contributed by atoms with E-state index in [9.17, 15) is 4.79 Å². The Morgan fingerprint density at radius 3 is 2.80 bits per heavy atom. The van der Waals surface area contributed by atoms with Crippen molar-refractivity contribution in [2.45, 2.75) is 31.2 Å². The number of carbonyl (C=O) groups excluding carboxylic acids is 1. The molecule has 0 radical (unpaired) electrons. The second-order valence-electron chi connectivity index (χ2n) is 7.20. The molecular weight excluding hydrogens is 316 g/mol. The molecule has 1 aromatic carbocycles. The van der Waals surface area contributed by atoms with Crippen molar-refractivity contribution in [1.29, 1.82) is 0 Å². The molecule has 1 fully saturated rings. The Morgan fingerprint density at radius 2 is 2.16 bits per heavy atom. The number of rotatable bonds is 7. The standard InChI is InChI=1S/C19H28N4O2/c1-23(2)13-19(9-5-10-19)22-18(24)20-11-8-14-12-21-15-6-4-7-16(25-3)17(14)15/h4,6-7,12,21H,5,8-11,13H2,1-3H3,(H2,20,22,24). The van der Waals surface area contributed by atoms with Crippen LogP contribution in [-0.4, -0.2) is 55.7 Å². The molecule has 0 aliphatic heterocycles. The van der Waals surface area contributed by atoms with Crippen LogP contribution in [0.15, 0.2) is 24.4 Å². The predicted octanol–water partition coefficient (Wildman–Crippen LogP) is 2.50. The Balaban J connectivity index is 1.55. The summed E-state index contributed by atoms with van der Waals surface area (Å²) in [7, 11) is 5.77. The first-order valence-corrected chi connectivity index (χ1v) is 8.87. The van der Waals surface area contributed by atoms with Gasteiger partial charge in [0, 0.05) is 30.2 Å². The van der Waals surface area contributed by atoms with Crippen molar-refractivity contribution in [2.24, 2.45) is 0 Å². The lowest BCUT2D eigenvalue weighted by atomic mass is 9.76. The minimum absolute atomic E-state index is 0.0580. The van der Waals surface area contributed by atoms with Crippen LogP contribution in [0.5, 0.6) is 5.75 Å². The largest absolute Gasteiger partial charge is 0.496 e. The number of methoxy groups -OCH3 is 1. The van der Waals surface area contributed by atoms with Gasteiger partial charge in [0.25, 0.3) is 0 Å². The molecule has 1 heterocycles. The monoisotopic (exact) mass is 344 g/mol. The Labute approximate surface area is 148 Å². The molecule has 1 aliphatic rings. The van der Waals surface area contributed by atoms with E-state index in [4.69, 9.17) is 4.74 Å². The minimum atomic E-state index is -0.0756. The van der Waals surface area contributed by atoms with Gasteiger partial charge in [-0.15, -0.1) is 0 Å². The van der Waals surface area contributed by atoms with E-state index in [1.54, 1.807) is 7.11 Å². The van der Waals surface area contributed by atoms with Crippen LogP contribution in [0.25, 0.3) is 10.9 Å². The van der Waals surface area contributed by atoms with Crippen LogP contribution in [0.4, 0.5) is 4.79 Å². The van der Waals surface area contributed by atoms with Gasteiger partial charge in [-0.3, -0.25) is 0 Å². The number of nitrogens with zero attached hydrogens (tertiary/aromatic N) is 1. The van der Waals surface area contributed by atoms with Crippen molar-refractivity contribution >= 4 is 16.9 Å². The van der Waals surface area contributed by atoms with Gasteiger partial charge in [-0.1, -0.05) is 6.07 Å². The SMILES string of the molecule is COc1cccc2[nH]cc(CCNC(=O)NC3(CN(C)C)CCC3)c12. The van der Waals surface area contributed by atoms with Crippen molar-refractivity contribution in [3.05, 3.63) is 30.0 Å². The lowest BCUT2D eigenvalue weighted by Crippen LogP contribution is -2.61. The highest BCUT2D eigenvalue weighted by Gasteiger charge is 2.38. The number of urea groups is 1. The van der Waals surface area contributed by atoms with Gasteiger partial charge in [0.2, 0.25) is 0 Å². The van der Waals surface area contributed by atoms with E-state index in [1.165, 1.54) is 6.42 Å². The number of likely N-dealkylation sites (N-methyl/N-ethyl adjacent to an activating group) is 1. The normalized spacial score (nSPS) is 15.8. The summed E-state index contributed by atoms with van der Waals surface area (Å²) in [6, 6.07) is 5.88. The maximum Gasteiger partial charge on any atom is 0.315 e. The van der Waals surface area contributed by atoms with E-state index in [1.807, 2.05) is 38.5 Å². The fourth-order valence-corrected chi connectivity index (χ4v) is 3.71. The van der Waals surface area contributed by atoms with E-state index in [0.717, 1.165) is 48.0 Å². The number of fused-ring (bicyclic) bond motifs is 1. The fourth-order valence-electron chi connectivity index (χ4n) is 3.71. The molecule has 2 amide bonds. The number of aromatic nitrogens is 1. The van der Waals surface area contributed by atoms with Crippen LogP contribution in [-0.2, 0) is 6.42 Å². The lowest BCUT2D eigenvalue weighted by molar-refractivity contribution is 0.140. The third-order valence-electron chi connectivity index (χ3n) is 4.96. The van der Waals surface area contributed by atoms with Crippen LogP contribution in [0.3, 0.4) is 0 Å². The molecule has 6 heteroatoms. The van der Waals surface area contributed by atoms with Crippen LogP contribution in [0.1, 0.15) is 24.8 Å². The number of carbonyl (C=O) groups is 1. The maximum absolute atomic E-state index is 12.3. The van der Waals surface area contributed by atoms with E-state index in [0.29, 0.717) is 6.54 Å². The molecule has 0 spiro atoms. The highest BCUT2D eigenvalue weighted by molar-refractivity contribution is 5.89. The van der Waals surface area contributed by atoms with E-state index >= 15 is 0 Å². The smallest absolute Gasteiger partial charge is 0.315 e. The molecular formula is C19H28N4O2. The van der Waals surface area contributed by atoms with Gasteiger partial charge in [-0.05, 0) is 57.5 Å². The zero-order valence-electron chi connectivity index (χ0n) is 15.3.